The molecule has 3 heterocycles. The Morgan fingerprint density at radius 1 is 1.03 bits per heavy atom. The van der Waals surface area contributed by atoms with E-state index >= 15 is 0 Å². The van der Waals surface area contributed by atoms with Gasteiger partial charge in [0.1, 0.15) is 11.8 Å². The van der Waals surface area contributed by atoms with Crippen molar-refractivity contribution in [1.82, 2.24) is 10.2 Å². The van der Waals surface area contributed by atoms with Crippen molar-refractivity contribution in [3.05, 3.63) is 98.2 Å². The maximum absolute atomic E-state index is 13.2. The highest BCUT2D eigenvalue weighted by atomic mass is 79.9. The number of ketones is 1. The van der Waals surface area contributed by atoms with Crippen LogP contribution < -0.4 is 4.90 Å². The molecule has 1 fully saturated rings. The second kappa shape index (κ2) is 9.83. The van der Waals surface area contributed by atoms with Crippen LogP contribution in [0.3, 0.4) is 0 Å². The number of aliphatic hydroxyl groups is 1. The summed E-state index contributed by atoms with van der Waals surface area (Å²) in [5.74, 6) is -0.970. The molecule has 1 aliphatic rings. The number of thiophene rings is 1. The summed E-state index contributed by atoms with van der Waals surface area (Å²) in [7, 11) is 0. The molecule has 1 saturated heterocycles. The maximum atomic E-state index is 13.2. The van der Waals surface area contributed by atoms with E-state index in [0.717, 1.165) is 14.9 Å². The summed E-state index contributed by atoms with van der Waals surface area (Å²) < 4.78 is 1.53. The van der Waals surface area contributed by atoms with Crippen LogP contribution in [0.4, 0.5) is 5.13 Å². The van der Waals surface area contributed by atoms with Crippen molar-refractivity contribution in [3.8, 4) is 0 Å². The maximum Gasteiger partial charge on any atom is 0.301 e. The van der Waals surface area contributed by atoms with Crippen molar-refractivity contribution in [3.63, 3.8) is 0 Å². The fourth-order valence-corrected chi connectivity index (χ4v) is 6.50. The number of aromatic nitrogens is 2. The van der Waals surface area contributed by atoms with E-state index in [1.807, 2.05) is 47.8 Å². The van der Waals surface area contributed by atoms with Crippen LogP contribution in [0.1, 0.15) is 22.0 Å². The largest absolute Gasteiger partial charge is 0.507 e. The number of carbonyl (C=O) groups excluding carboxylic acids is 2. The first-order chi connectivity index (χ1) is 16.5. The molecule has 0 spiro atoms. The van der Waals surface area contributed by atoms with Crippen molar-refractivity contribution >= 4 is 72.9 Å². The van der Waals surface area contributed by atoms with Crippen molar-refractivity contribution in [2.45, 2.75) is 16.1 Å². The van der Waals surface area contributed by atoms with Crippen molar-refractivity contribution in [2.75, 3.05) is 4.90 Å². The lowest BCUT2D eigenvalue weighted by Gasteiger charge is -2.20. The first kappa shape index (κ1) is 23.0. The van der Waals surface area contributed by atoms with E-state index in [0.29, 0.717) is 20.8 Å². The highest BCUT2D eigenvalue weighted by Gasteiger charge is 2.48. The third kappa shape index (κ3) is 4.46. The third-order valence-corrected chi connectivity index (χ3v) is 8.76. The van der Waals surface area contributed by atoms with Gasteiger partial charge >= 0.3 is 5.91 Å². The van der Waals surface area contributed by atoms with Crippen molar-refractivity contribution in [2.24, 2.45) is 0 Å². The van der Waals surface area contributed by atoms with Crippen LogP contribution in [0.25, 0.3) is 5.76 Å². The smallest absolute Gasteiger partial charge is 0.301 e. The summed E-state index contributed by atoms with van der Waals surface area (Å²) in [5.41, 5.74) is 1.65. The quantitative estimate of drug-likeness (QED) is 0.0966. The van der Waals surface area contributed by atoms with Gasteiger partial charge in [0.25, 0.3) is 5.78 Å². The molecule has 5 rings (SSSR count). The lowest BCUT2D eigenvalue weighted by atomic mass is 10.00. The first-order valence-electron chi connectivity index (χ1n) is 10.1. The summed E-state index contributed by atoms with van der Waals surface area (Å²) in [6.45, 7) is 0. The second-order valence-corrected chi connectivity index (χ2v) is 11.4. The normalized spacial score (nSPS) is 17.4. The molecule has 1 aliphatic heterocycles. The lowest BCUT2D eigenvalue weighted by molar-refractivity contribution is -0.132. The standard InChI is InChI=1S/C24H16BrN3O3S3/c25-16-10-8-15(9-11-16)20(29)18-19(17-7-4-12-32-17)28(22(31)21(18)30)23-26-27-24(34-23)33-13-14-5-2-1-3-6-14/h1-12,19,29H,13H2/b20-18-. The van der Waals surface area contributed by atoms with Gasteiger partial charge in [0.15, 0.2) is 4.34 Å². The Hall–Kier alpha value is -2.79. The molecule has 10 heteroatoms. The van der Waals surface area contributed by atoms with E-state index in [1.165, 1.54) is 39.3 Å². The topological polar surface area (TPSA) is 83.4 Å². The predicted molar refractivity (Wildman–Crippen MR) is 139 cm³/mol. The molecule has 1 atom stereocenters. The number of hydrogen-bond acceptors (Lipinski definition) is 8. The molecular weight excluding hydrogens is 554 g/mol. The van der Waals surface area contributed by atoms with Gasteiger partial charge in [0.05, 0.1) is 5.57 Å². The van der Waals surface area contributed by atoms with Gasteiger partial charge in [-0.05, 0) is 29.1 Å². The molecule has 0 bridgehead atoms. The Labute approximate surface area is 216 Å². The number of hydrogen-bond donors (Lipinski definition) is 1. The molecule has 0 radical (unpaired) electrons. The predicted octanol–water partition coefficient (Wildman–Crippen LogP) is 6.28. The van der Waals surface area contributed by atoms with E-state index < -0.39 is 17.7 Å². The number of anilines is 1. The van der Waals surface area contributed by atoms with Gasteiger partial charge in [0.2, 0.25) is 5.13 Å². The van der Waals surface area contributed by atoms with Gasteiger partial charge in [-0.2, -0.15) is 0 Å². The number of Topliss-reactive ketones (excluding diaryl/α,β-unsaturated/α-hetero) is 1. The Bertz CT molecular complexity index is 1370. The summed E-state index contributed by atoms with van der Waals surface area (Å²) >= 11 is 7.55. The molecule has 170 valence electrons. The van der Waals surface area contributed by atoms with E-state index in [2.05, 4.69) is 26.1 Å². The average Bonchev–Trinajstić information content (AvgIpc) is 3.59. The Kier molecular flexibility index (Phi) is 6.64. The molecule has 1 amide bonds. The molecule has 2 aromatic heterocycles. The van der Waals surface area contributed by atoms with Gasteiger partial charge in [-0.1, -0.05) is 87.6 Å². The highest BCUT2D eigenvalue weighted by molar-refractivity contribution is 9.10. The van der Waals surface area contributed by atoms with Gasteiger partial charge in [-0.15, -0.1) is 21.5 Å². The number of nitrogens with zero attached hydrogens (tertiary/aromatic N) is 3. The van der Waals surface area contributed by atoms with Crippen LogP contribution >= 0.6 is 50.4 Å². The van der Waals surface area contributed by atoms with Crippen LogP contribution in [0.15, 0.2) is 86.5 Å². The minimum atomic E-state index is -0.774. The van der Waals surface area contributed by atoms with E-state index in [9.17, 15) is 14.7 Å². The molecule has 0 saturated carbocycles. The van der Waals surface area contributed by atoms with E-state index in [1.54, 1.807) is 24.3 Å². The average molecular weight is 571 g/mol. The van der Waals surface area contributed by atoms with Gasteiger partial charge in [-0.25, -0.2) is 0 Å². The monoisotopic (exact) mass is 569 g/mol. The lowest BCUT2D eigenvalue weighted by Crippen LogP contribution is -2.29. The summed E-state index contributed by atoms with van der Waals surface area (Å²) in [6, 6.07) is 19.8. The molecule has 34 heavy (non-hydrogen) atoms. The SMILES string of the molecule is O=C1C(=O)N(c2nnc(SCc3ccccc3)s2)C(c2cccs2)/C1=C(/O)c1ccc(Br)cc1. The van der Waals surface area contributed by atoms with E-state index in [4.69, 9.17) is 0 Å². The summed E-state index contributed by atoms with van der Waals surface area (Å²) in [4.78, 5) is 28.4. The van der Waals surface area contributed by atoms with Crippen molar-refractivity contribution < 1.29 is 14.7 Å². The van der Waals surface area contributed by atoms with Crippen LogP contribution in [0.5, 0.6) is 0 Å². The minimum absolute atomic E-state index is 0.0449. The molecule has 4 aromatic rings. The first-order valence-corrected chi connectivity index (χ1v) is 13.6. The summed E-state index contributed by atoms with van der Waals surface area (Å²) in [6.07, 6.45) is 0. The second-order valence-electron chi connectivity index (χ2n) is 7.32. The van der Waals surface area contributed by atoms with Crippen LogP contribution in [0.2, 0.25) is 0 Å². The van der Waals surface area contributed by atoms with Crippen LogP contribution in [0, 0.1) is 0 Å². The fourth-order valence-electron chi connectivity index (χ4n) is 3.59. The molecule has 0 aliphatic carbocycles. The molecule has 1 unspecified atom stereocenters. The number of amides is 1. The molecule has 2 aromatic carbocycles. The molecular formula is C24H16BrN3O3S3. The Balaban J connectivity index is 1.51. The highest BCUT2D eigenvalue weighted by Crippen LogP contribution is 2.45. The third-order valence-electron chi connectivity index (χ3n) is 5.18. The zero-order valence-corrected chi connectivity index (χ0v) is 21.5. The number of carbonyl (C=O) groups is 2. The van der Waals surface area contributed by atoms with Crippen LogP contribution in [-0.4, -0.2) is 27.0 Å². The number of aliphatic hydroxyl groups excluding tert-OH is 1. The Morgan fingerprint density at radius 3 is 2.50 bits per heavy atom. The van der Waals surface area contributed by atoms with Gasteiger partial charge in [0, 0.05) is 20.7 Å². The van der Waals surface area contributed by atoms with Crippen molar-refractivity contribution in [1.29, 1.82) is 0 Å². The number of benzene rings is 2. The van der Waals surface area contributed by atoms with E-state index in [-0.39, 0.29) is 11.3 Å². The fraction of sp³-hybridized carbons (Fsp3) is 0.0833. The van der Waals surface area contributed by atoms with Crippen LogP contribution in [-0.2, 0) is 15.3 Å². The minimum Gasteiger partial charge on any atom is -0.507 e. The zero-order valence-electron chi connectivity index (χ0n) is 17.4. The number of rotatable bonds is 6. The summed E-state index contributed by atoms with van der Waals surface area (Å²) in [5, 5.41) is 21.7. The molecule has 6 nitrogen and oxygen atoms in total. The number of halogens is 1. The number of thioether (sulfide) groups is 1. The zero-order chi connectivity index (χ0) is 23.7. The van der Waals surface area contributed by atoms with Gasteiger partial charge in [-0.3, -0.25) is 14.5 Å². The molecule has 1 N–H and O–H groups in total. The van der Waals surface area contributed by atoms with Gasteiger partial charge < -0.3 is 5.11 Å². The Morgan fingerprint density at radius 2 is 1.79 bits per heavy atom.